The van der Waals surface area contributed by atoms with Crippen LogP contribution in [0.1, 0.15) is 75.3 Å². The Morgan fingerprint density at radius 1 is 1.08 bits per heavy atom. The van der Waals surface area contributed by atoms with E-state index in [1.54, 1.807) is 19.1 Å². The number of benzene rings is 2. The van der Waals surface area contributed by atoms with Crippen LogP contribution in [0.4, 0.5) is 5.69 Å². The summed E-state index contributed by atoms with van der Waals surface area (Å²) >= 11 is 0. The van der Waals surface area contributed by atoms with E-state index in [0.29, 0.717) is 44.4 Å². The summed E-state index contributed by atoms with van der Waals surface area (Å²) in [6.45, 7) is 1.65. The molecule has 39 heavy (non-hydrogen) atoms. The first-order chi connectivity index (χ1) is 18.8. The van der Waals surface area contributed by atoms with Crippen LogP contribution >= 0.6 is 0 Å². The van der Waals surface area contributed by atoms with E-state index in [1.807, 2.05) is 42.5 Å². The van der Waals surface area contributed by atoms with Gasteiger partial charge in [0.2, 0.25) is 11.8 Å². The predicted octanol–water partition coefficient (Wildman–Crippen LogP) is 4.61. The van der Waals surface area contributed by atoms with Crippen LogP contribution in [0, 0.1) is 5.41 Å². The van der Waals surface area contributed by atoms with Gasteiger partial charge in [0.15, 0.2) is 0 Å². The minimum Gasteiger partial charge on any atom is -0.480 e. The zero-order chi connectivity index (χ0) is 27.8. The number of aryl methyl sites for hydroxylation is 1. The van der Waals surface area contributed by atoms with Crippen molar-refractivity contribution in [2.75, 3.05) is 18.1 Å². The van der Waals surface area contributed by atoms with E-state index in [4.69, 9.17) is 4.74 Å². The molecule has 1 fully saturated rings. The number of nitrogens with zero attached hydrogens (tertiary/aromatic N) is 1. The number of esters is 1. The third-order valence-corrected chi connectivity index (χ3v) is 8.11. The summed E-state index contributed by atoms with van der Waals surface area (Å²) in [5.41, 5.74) is 1.78. The third-order valence-electron chi connectivity index (χ3n) is 8.11. The van der Waals surface area contributed by atoms with Gasteiger partial charge in [-0.25, -0.2) is 0 Å². The minimum absolute atomic E-state index is 0.146. The first-order valence-corrected chi connectivity index (χ1v) is 14.0. The number of anilines is 1. The standard InChI is InChI=1S/C31H38N2O6/c1-2-39-29(37)24(22-11-4-3-5-12-22)14-10-20-31(18-8-9-19-31)30(38)32-25-17-16-23-13-6-7-15-26(23)33(28(25)36)21-27(34)35/h3-7,11-13,15,24-25H,2,8-10,14,16-21H2,1H3,(H,32,38)(H,34,35). The number of fused-ring (bicyclic) bond motifs is 1. The minimum atomic E-state index is -1.10. The Bertz CT molecular complexity index is 1170. The normalized spacial score (nSPS) is 19.1. The molecule has 0 radical (unpaired) electrons. The molecule has 2 atom stereocenters. The summed E-state index contributed by atoms with van der Waals surface area (Å²) < 4.78 is 5.34. The van der Waals surface area contributed by atoms with E-state index in [-0.39, 0.29) is 17.8 Å². The summed E-state index contributed by atoms with van der Waals surface area (Å²) in [5.74, 6) is -2.29. The lowest BCUT2D eigenvalue weighted by molar-refractivity contribution is -0.145. The zero-order valence-corrected chi connectivity index (χ0v) is 22.6. The average Bonchev–Trinajstić information content (AvgIpc) is 3.38. The third kappa shape index (κ3) is 6.67. The molecule has 2 aromatic carbocycles. The highest BCUT2D eigenvalue weighted by Gasteiger charge is 2.43. The van der Waals surface area contributed by atoms with Crippen LogP contribution in [0.15, 0.2) is 54.6 Å². The van der Waals surface area contributed by atoms with Crippen molar-refractivity contribution in [2.24, 2.45) is 5.41 Å². The molecule has 1 aliphatic heterocycles. The number of carbonyl (C=O) groups excluding carboxylic acids is 3. The molecular formula is C31H38N2O6. The number of carboxylic acid groups (broad SMARTS) is 1. The highest BCUT2D eigenvalue weighted by Crippen LogP contribution is 2.43. The SMILES string of the molecule is CCOC(=O)C(CCCC1(C(=O)NC2CCc3ccccc3N(CC(=O)O)C2=O)CCCC1)c1ccccc1. The van der Waals surface area contributed by atoms with E-state index in [0.717, 1.165) is 36.8 Å². The molecule has 2 aliphatic rings. The van der Waals surface area contributed by atoms with Crippen molar-refractivity contribution < 1.29 is 29.0 Å². The molecule has 1 saturated carbocycles. The van der Waals surface area contributed by atoms with Crippen molar-refractivity contribution in [3.63, 3.8) is 0 Å². The van der Waals surface area contributed by atoms with Gasteiger partial charge in [-0.15, -0.1) is 0 Å². The molecule has 0 bridgehead atoms. The van der Waals surface area contributed by atoms with Crippen LogP contribution in [0.5, 0.6) is 0 Å². The number of rotatable bonds is 11. The van der Waals surface area contributed by atoms with Gasteiger partial charge in [0, 0.05) is 11.1 Å². The van der Waals surface area contributed by atoms with Gasteiger partial charge >= 0.3 is 11.9 Å². The van der Waals surface area contributed by atoms with Crippen molar-refractivity contribution in [3.8, 4) is 0 Å². The van der Waals surface area contributed by atoms with E-state index < -0.39 is 29.9 Å². The van der Waals surface area contributed by atoms with Gasteiger partial charge in [-0.1, -0.05) is 67.8 Å². The number of carbonyl (C=O) groups is 4. The molecule has 2 unspecified atom stereocenters. The van der Waals surface area contributed by atoms with Crippen molar-refractivity contribution in [3.05, 3.63) is 65.7 Å². The average molecular weight is 535 g/mol. The summed E-state index contributed by atoms with van der Waals surface area (Å²) in [6.07, 6.45) is 6.15. The summed E-state index contributed by atoms with van der Waals surface area (Å²) in [5, 5.41) is 12.5. The number of nitrogens with one attached hydrogen (secondary N) is 1. The molecule has 2 aromatic rings. The van der Waals surface area contributed by atoms with E-state index in [1.165, 1.54) is 4.90 Å². The van der Waals surface area contributed by atoms with E-state index >= 15 is 0 Å². The van der Waals surface area contributed by atoms with Gasteiger partial charge in [0.1, 0.15) is 12.6 Å². The second-order valence-electron chi connectivity index (χ2n) is 10.6. The van der Waals surface area contributed by atoms with Crippen molar-refractivity contribution in [1.82, 2.24) is 5.32 Å². The summed E-state index contributed by atoms with van der Waals surface area (Å²) in [6, 6.07) is 16.1. The van der Waals surface area contributed by atoms with Gasteiger partial charge < -0.3 is 15.2 Å². The fourth-order valence-electron chi connectivity index (χ4n) is 6.10. The lowest BCUT2D eigenvalue weighted by Crippen LogP contribution is -2.52. The number of ether oxygens (including phenoxy) is 1. The quantitative estimate of drug-likeness (QED) is 0.407. The van der Waals surface area contributed by atoms with Gasteiger partial charge in [0.25, 0.3) is 0 Å². The largest absolute Gasteiger partial charge is 0.480 e. The van der Waals surface area contributed by atoms with Crippen LogP contribution in [0.3, 0.4) is 0 Å². The van der Waals surface area contributed by atoms with Crippen molar-refractivity contribution >= 4 is 29.4 Å². The molecule has 0 saturated heterocycles. The monoisotopic (exact) mass is 534 g/mol. The topological polar surface area (TPSA) is 113 Å². The molecule has 1 heterocycles. The highest BCUT2D eigenvalue weighted by molar-refractivity contribution is 6.03. The maximum absolute atomic E-state index is 13.8. The van der Waals surface area contributed by atoms with Crippen LogP contribution in [0.2, 0.25) is 0 Å². The number of carboxylic acids is 1. The fraction of sp³-hybridized carbons (Fsp3) is 0.484. The predicted molar refractivity (Wildman–Crippen MR) is 147 cm³/mol. The van der Waals surface area contributed by atoms with Crippen LogP contribution in [-0.4, -0.2) is 48.1 Å². The number of aliphatic carboxylic acids is 1. The second-order valence-corrected chi connectivity index (χ2v) is 10.6. The van der Waals surface area contributed by atoms with Gasteiger partial charge in [0.05, 0.1) is 12.5 Å². The Morgan fingerprint density at radius 2 is 1.77 bits per heavy atom. The summed E-state index contributed by atoms with van der Waals surface area (Å²) in [7, 11) is 0. The maximum Gasteiger partial charge on any atom is 0.323 e. The van der Waals surface area contributed by atoms with Crippen molar-refractivity contribution in [1.29, 1.82) is 0 Å². The number of hydrogen-bond donors (Lipinski definition) is 2. The van der Waals surface area contributed by atoms with E-state index in [9.17, 15) is 24.3 Å². The Balaban J connectivity index is 1.46. The maximum atomic E-state index is 13.8. The molecule has 2 N–H and O–H groups in total. The Hall–Kier alpha value is -3.68. The van der Waals surface area contributed by atoms with E-state index in [2.05, 4.69) is 5.32 Å². The molecule has 0 spiro atoms. The highest BCUT2D eigenvalue weighted by atomic mass is 16.5. The molecule has 2 amide bonds. The second kappa shape index (κ2) is 12.9. The summed E-state index contributed by atoms with van der Waals surface area (Å²) in [4.78, 5) is 52.9. The first kappa shape index (κ1) is 28.3. The molecule has 1 aliphatic carbocycles. The lowest BCUT2D eigenvalue weighted by Gasteiger charge is -2.31. The van der Waals surface area contributed by atoms with Gasteiger partial charge in [-0.3, -0.25) is 24.1 Å². The van der Waals surface area contributed by atoms with Crippen LogP contribution in [0.25, 0.3) is 0 Å². The van der Waals surface area contributed by atoms with Crippen LogP contribution in [-0.2, 0) is 30.3 Å². The van der Waals surface area contributed by atoms with Gasteiger partial charge in [-0.2, -0.15) is 0 Å². The number of amides is 2. The number of hydrogen-bond acceptors (Lipinski definition) is 5. The van der Waals surface area contributed by atoms with Crippen LogP contribution < -0.4 is 10.2 Å². The number of para-hydroxylation sites is 1. The van der Waals surface area contributed by atoms with Gasteiger partial charge in [-0.05, 0) is 62.6 Å². The zero-order valence-electron chi connectivity index (χ0n) is 22.6. The fourth-order valence-corrected chi connectivity index (χ4v) is 6.10. The Kier molecular flexibility index (Phi) is 9.38. The lowest BCUT2D eigenvalue weighted by atomic mass is 9.78. The Labute approximate surface area is 229 Å². The molecule has 0 aromatic heterocycles. The first-order valence-electron chi connectivity index (χ1n) is 14.0. The Morgan fingerprint density at radius 3 is 2.46 bits per heavy atom. The molecule has 8 nitrogen and oxygen atoms in total. The van der Waals surface area contributed by atoms with Crippen molar-refractivity contribution in [2.45, 2.75) is 76.7 Å². The molecular weight excluding hydrogens is 496 g/mol. The smallest absolute Gasteiger partial charge is 0.323 e. The molecule has 208 valence electrons. The molecule has 4 rings (SSSR count). The molecule has 8 heteroatoms.